The van der Waals surface area contributed by atoms with Crippen molar-refractivity contribution in [3.05, 3.63) is 30.3 Å². The van der Waals surface area contributed by atoms with Gasteiger partial charge < -0.3 is 9.26 Å². The zero-order valence-corrected chi connectivity index (χ0v) is 13.6. The summed E-state index contributed by atoms with van der Waals surface area (Å²) in [6.07, 6.45) is 3.58. The SMILES string of the molecule is COc1cccc(-c2cc(N(C)C(=O)C3CCCN3C#N)on2)c1. The first-order chi connectivity index (χ1) is 11.6. The van der Waals surface area contributed by atoms with Crippen molar-refractivity contribution in [3.63, 3.8) is 0 Å². The standard InChI is InChI=1S/C17H18N4O3/c1-20(17(22)15-7-4-8-21(15)11-18)16-10-14(19-24-16)12-5-3-6-13(9-12)23-2/h3,5-6,9-10,15H,4,7-8H2,1-2H3. The van der Waals surface area contributed by atoms with Gasteiger partial charge in [-0.15, -0.1) is 0 Å². The van der Waals surface area contributed by atoms with E-state index in [1.165, 1.54) is 9.80 Å². The minimum Gasteiger partial charge on any atom is -0.497 e. The van der Waals surface area contributed by atoms with Crippen LogP contribution in [0.4, 0.5) is 5.88 Å². The number of benzene rings is 1. The highest BCUT2D eigenvalue weighted by atomic mass is 16.5. The topological polar surface area (TPSA) is 82.6 Å². The van der Waals surface area contributed by atoms with E-state index in [0.717, 1.165) is 17.7 Å². The summed E-state index contributed by atoms with van der Waals surface area (Å²) in [5.41, 5.74) is 1.46. The van der Waals surface area contributed by atoms with Crippen LogP contribution < -0.4 is 9.64 Å². The maximum Gasteiger partial charge on any atom is 0.252 e. The first kappa shape index (κ1) is 15.9. The van der Waals surface area contributed by atoms with Gasteiger partial charge in [0.1, 0.15) is 17.5 Å². The van der Waals surface area contributed by atoms with Gasteiger partial charge >= 0.3 is 0 Å². The summed E-state index contributed by atoms with van der Waals surface area (Å²) in [7, 11) is 3.23. The van der Waals surface area contributed by atoms with E-state index in [-0.39, 0.29) is 5.91 Å². The van der Waals surface area contributed by atoms with Crippen LogP contribution in [0.3, 0.4) is 0 Å². The van der Waals surface area contributed by atoms with Gasteiger partial charge in [0, 0.05) is 25.2 Å². The van der Waals surface area contributed by atoms with Gasteiger partial charge in [0.25, 0.3) is 5.91 Å². The van der Waals surface area contributed by atoms with Gasteiger partial charge in [-0.05, 0) is 25.0 Å². The molecule has 0 saturated carbocycles. The molecule has 3 rings (SSSR count). The van der Waals surface area contributed by atoms with Crippen LogP contribution >= 0.6 is 0 Å². The number of likely N-dealkylation sites (N-methyl/N-ethyl adjacent to an activating group) is 1. The van der Waals surface area contributed by atoms with Crippen molar-refractivity contribution in [2.45, 2.75) is 18.9 Å². The molecule has 1 aromatic heterocycles. The molecule has 7 heteroatoms. The van der Waals surface area contributed by atoms with Crippen LogP contribution in [0.15, 0.2) is 34.9 Å². The molecular weight excluding hydrogens is 308 g/mol. The molecule has 0 radical (unpaired) electrons. The molecule has 0 spiro atoms. The molecule has 0 aliphatic carbocycles. The fraction of sp³-hybridized carbons (Fsp3) is 0.353. The second-order valence-corrected chi connectivity index (χ2v) is 5.63. The number of likely N-dealkylation sites (tertiary alicyclic amines) is 1. The largest absolute Gasteiger partial charge is 0.497 e. The number of hydrogen-bond acceptors (Lipinski definition) is 6. The number of carbonyl (C=O) groups is 1. The summed E-state index contributed by atoms with van der Waals surface area (Å²) >= 11 is 0. The molecule has 2 heterocycles. The summed E-state index contributed by atoms with van der Waals surface area (Å²) in [5, 5.41) is 13.1. The van der Waals surface area contributed by atoms with Crippen molar-refractivity contribution in [1.29, 1.82) is 5.26 Å². The highest BCUT2D eigenvalue weighted by Gasteiger charge is 2.33. The zero-order valence-electron chi connectivity index (χ0n) is 13.6. The van der Waals surface area contributed by atoms with Crippen molar-refractivity contribution < 1.29 is 14.1 Å². The van der Waals surface area contributed by atoms with E-state index in [1.54, 1.807) is 20.2 Å². The van der Waals surface area contributed by atoms with E-state index in [4.69, 9.17) is 14.5 Å². The Morgan fingerprint density at radius 3 is 3.08 bits per heavy atom. The van der Waals surface area contributed by atoms with Crippen LogP contribution in [-0.2, 0) is 4.79 Å². The predicted octanol–water partition coefficient (Wildman–Crippen LogP) is 2.26. The third kappa shape index (κ3) is 2.91. The minimum atomic E-state index is -0.426. The second-order valence-electron chi connectivity index (χ2n) is 5.63. The van der Waals surface area contributed by atoms with Crippen molar-refractivity contribution in [2.24, 2.45) is 0 Å². The lowest BCUT2D eigenvalue weighted by Gasteiger charge is -2.22. The van der Waals surface area contributed by atoms with Gasteiger partial charge in [-0.2, -0.15) is 5.26 Å². The van der Waals surface area contributed by atoms with Crippen LogP contribution in [0.5, 0.6) is 5.75 Å². The minimum absolute atomic E-state index is 0.164. The van der Waals surface area contributed by atoms with E-state index in [9.17, 15) is 4.79 Å². The molecular formula is C17H18N4O3. The Morgan fingerprint density at radius 1 is 1.50 bits per heavy atom. The van der Waals surface area contributed by atoms with Crippen LogP contribution in [-0.4, -0.2) is 42.7 Å². The van der Waals surface area contributed by atoms with E-state index < -0.39 is 6.04 Å². The van der Waals surface area contributed by atoms with E-state index in [1.807, 2.05) is 24.3 Å². The molecule has 2 aromatic rings. The second kappa shape index (κ2) is 6.62. The Labute approximate surface area is 140 Å². The number of methoxy groups -OCH3 is 1. The molecule has 1 fully saturated rings. The van der Waals surface area contributed by atoms with Crippen molar-refractivity contribution in [1.82, 2.24) is 10.1 Å². The summed E-state index contributed by atoms with van der Waals surface area (Å²) in [5.74, 6) is 0.905. The number of carbonyl (C=O) groups excluding carboxylic acids is 1. The highest BCUT2D eigenvalue weighted by Crippen LogP contribution is 2.27. The Kier molecular flexibility index (Phi) is 4.38. The fourth-order valence-electron chi connectivity index (χ4n) is 2.82. The first-order valence-corrected chi connectivity index (χ1v) is 7.69. The maximum absolute atomic E-state index is 12.6. The average Bonchev–Trinajstić information content (AvgIpc) is 3.29. The lowest BCUT2D eigenvalue weighted by molar-refractivity contribution is -0.121. The zero-order chi connectivity index (χ0) is 17.1. The summed E-state index contributed by atoms with van der Waals surface area (Å²) < 4.78 is 10.5. The molecule has 124 valence electrons. The summed E-state index contributed by atoms with van der Waals surface area (Å²) in [4.78, 5) is 15.5. The van der Waals surface area contributed by atoms with Crippen molar-refractivity contribution >= 4 is 11.8 Å². The summed E-state index contributed by atoms with van der Waals surface area (Å²) in [6, 6.07) is 8.72. The number of nitrogens with zero attached hydrogens (tertiary/aromatic N) is 4. The number of ether oxygens (including phenoxy) is 1. The van der Waals surface area contributed by atoms with E-state index in [2.05, 4.69) is 11.3 Å². The van der Waals surface area contributed by atoms with Gasteiger partial charge in [0.2, 0.25) is 5.88 Å². The quantitative estimate of drug-likeness (QED) is 0.802. The predicted molar refractivity (Wildman–Crippen MR) is 87.2 cm³/mol. The lowest BCUT2D eigenvalue weighted by Crippen LogP contribution is -2.42. The van der Waals surface area contributed by atoms with Crippen molar-refractivity contribution in [3.8, 4) is 23.2 Å². The monoisotopic (exact) mass is 326 g/mol. The molecule has 1 atom stereocenters. The number of hydrogen-bond donors (Lipinski definition) is 0. The van der Waals surface area contributed by atoms with Crippen LogP contribution in [0.25, 0.3) is 11.3 Å². The number of amides is 1. The molecule has 7 nitrogen and oxygen atoms in total. The molecule has 1 unspecified atom stereocenters. The van der Waals surface area contributed by atoms with Crippen LogP contribution in [0.1, 0.15) is 12.8 Å². The lowest BCUT2D eigenvalue weighted by atomic mass is 10.1. The molecule has 1 saturated heterocycles. The molecule has 1 aliphatic heterocycles. The summed E-state index contributed by atoms with van der Waals surface area (Å²) in [6.45, 7) is 0.617. The highest BCUT2D eigenvalue weighted by molar-refractivity contribution is 5.96. The number of anilines is 1. The maximum atomic E-state index is 12.6. The van der Waals surface area contributed by atoms with Crippen LogP contribution in [0.2, 0.25) is 0 Å². The number of aromatic nitrogens is 1. The van der Waals surface area contributed by atoms with Gasteiger partial charge in [-0.25, -0.2) is 0 Å². The Balaban J connectivity index is 1.79. The Hall–Kier alpha value is -3.01. The third-order valence-electron chi connectivity index (χ3n) is 4.19. The molecule has 24 heavy (non-hydrogen) atoms. The van der Waals surface area contributed by atoms with Gasteiger partial charge in [0.15, 0.2) is 6.19 Å². The van der Waals surface area contributed by atoms with E-state index >= 15 is 0 Å². The van der Waals surface area contributed by atoms with Crippen molar-refractivity contribution in [2.75, 3.05) is 25.6 Å². The normalized spacial score (nSPS) is 16.7. The Morgan fingerprint density at radius 2 is 2.33 bits per heavy atom. The first-order valence-electron chi connectivity index (χ1n) is 7.69. The fourth-order valence-corrected chi connectivity index (χ4v) is 2.82. The molecule has 0 N–H and O–H groups in total. The van der Waals surface area contributed by atoms with Crippen LogP contribution in [0, 0.1) is 11.5 Å². The third-order valence-corrected chi connectivity index (χ3v) is 4.19. The van der Waals surface area contributed by atoms with Gasteiger partial charge in [-0.1, -0.05) is 17.3 Å². The number of nitriles is 1. The van der Waals surface area contributed by atoms with Gasteiger partial charge in [0.05, 0.1) is 7.11 Å². The smallest absolute Gasteiger partial charge is 0.252 e. The van der Waals surface area contributed by atoms with Gasteiger partial charge in [-0.3, -0.25) is 14.6 Å². The molecule has 1 amide bonds. The molecule has 1 aliphatic rings. The molecule has 0 bridgehead atoms. The molecule has 1 aromatic carbocycles. The Bertz CT molecular complexity index is 780. The average molecular weight is 326 g/mol. The number of rotatable bonds is 4. The van der Waals surface area contributed by atoms with E-state index in [0.29, 0.717) is 24.5 Å².